The predicted molar refractivity (Wildman–Crippen MR) is 117 cm³/mol. The second-order valence-electron chi connectivity index (χ2n) is 6.76. The van der Waals surface area contributed by atoms with Gasteiger partial charge >= 0.3 is 0 Å². The number of nitrogens with zero attached hydrogens (tertiary/aromatic N) is 1. The van der Waals surface area contributed by atoms with Gasteiger partial charge in [0.25, 0.3) is 5.91 Å². The van der Waals surface area contributed by atoms with E-state index in [1.165, 1.54) is 6.92 Å². The number of rotatable bonds is 6. The Hall–Kier alpha value is -3.67. The van der Waals surface area contributed by atoms with Crippen LogP contribution in [0.4, 0.5) is 22.7 Å². The van der Waals surface area contributed by atoms with Gasteiger partial charge in [-0.25, -0.2) is 0 Å². The van der Waals surface area contributed by atoms with E-state index < -0.39 is 0 Å². The number of anilines is 4. The first-order valence-corrected chi connectivity index (χ1v) is 9.46. The number of aryl methyl sites for hydroxylation is 2. The maximum atomic E-state index is 12.8. The fourth-order valence-corrected chi connectivity index (χ4v) is 3.03. The van der Waals surface area contributed by atoms with Gasteiger partial charge < -0.3 is 16.0 Å². The molecule has 6 heteroatoms. The van der Waals surface area contributed by atoms with E-state index in [1.54, 1.807) is 30.6 Å². The molecule has 0 bridgehead atoms. The molecule has 3 aromatic rings. The number of aromatic nitrogens is 1. The minimum absolute atomic E-state index is 0.117. The summed E-state index contributed by atoms with van der Waals surface area (Å²) in [5.74, 6) is -0.320. The maximum Gasteiger partial charge on any atom is 0.257 e. The molecule has 1 heterocycles. The summed E-state index contributed by atoms with van der Waals surface area (Å²) in [5.41, 5.74) is 5.69. The number of para-hydroxylation sites is 1. The molecule has 0 aliphatic heterocycles. The molecule has 148 valence electrons. The number of pyridine rings is 1. The Labute approximate surface area is 170 Å². The Bertz CT molecular complexity index is 1030. The summed E-state index contributed by atoms with van der Waals surface area (Å²) in [5, 5.41) is 8.96. The van der Waals surface area contributed by atoms with Gasteiger partial charge in [-0.15, -0.1) is 0 Å². The van der Waals surface area contributed by atoms with E-state index in [0.29, 0.717) is 11.3 Å². The molecule has 0 fully saturated rings. The molecule has 29 heavy (non-hydrogen) atoms. The highest BCUT2D eigenvalue weighted by molar-refractivity contribution is 6.05. The van der Waals surface area contributed by atoms with Crippen molar-refractivity contribution in [1.82, 2.24) is 4.98 Å². The van der Waals surface area contributed by atoms with Crippen molar-refractivity contribution in [2.75, 3.05) is 16.0 Å². The van der Waals surface area contributed by atoms with Crippen molar-refractivity contribution in [2.45, 2.75) is 27.2 Å². The smallest absolute Gasteiger partial charge is 0.257 e. The molecule has 0 aliphatic carbocycles. The van der Waals surface area contributed by atoms with E-state index in [2.05, 4.69) is 27.9 Å². The Morgan fingerprint density at radius 3 is 2.34 bits per heavy atom. The molecule has 2 aromatic carbocycles. The third-order valence-corrected chi connectivity index (χ3v) is 4.47. The summed E-state index contributed by atoms with van der Waals surface area (Å²) in [6.45, 7) is 5.51. The highest BCUT2D eigenvalue weighted by Gasteiger charge is 2.12. The molecule has 3 N–H and O–H groups in total. The number of hydrogen-bond donors (Lipinski definition) is 3. The molecule has 0 saturated carbocycles. The maximum absolute atomic E-state index is 12.8. The molecule has 0 atom stereocenters. The largest absolute Gasteiger partial charge is 0.354 e. The summed E-state index contributed by atoms with van der Waals surface area (Å²) in [6.07, 6.45) is 4.04. The molecule has 0 aliphatic rings. The Kier molecular flexibility index (Phi) is 6.24. The van der Waals surface area contributed by atoms with Gasteiger partial charge in [0, 0.05) is 30.2 Å². The highest BCUT2D eigenvalue weighted by Crippen LogP contribution is 2.23. The van der Waals surface area contributed by atoms with E-state index in [4.69, 9.17) is 0 Å². The molecule has 6 nitrogen and oxygen atoms in total. The minimum atomic E-state index is -0.203. The number of carbonyl (C=O) groups excluding carboxylic acids is 2. The Morgan fingerprint density at radius 2 is 1.66 bits per heavy atom. The van der Waals surface area contributed by atoms with E-state index >= 15 is 0 Å². The van der Waals surface area contributed by atoms with Crippen molar-refractivity contribution in [2.24, 2.45) is 0 Å². The number of carbonyl (C=O) groups is 2. The lowest BCUT2D eigenvalue weighted by atomic mass is 10.1. The zero-order valence-electron chi connectivity index (χ0n) is 16.7. The number of amides is 2. The number of nitrogens with one attached hydrogen (secondary N) is 3. The van der Waals surface area contributed by atoms with Crippen LogP contribution in [0.1, 0.15) is 35.3 Å². The van der Waals surface area contributed by atoms with Gasteiger partial charge in [-0.3, -0.25) is 14.6 Å². The van der Waals surface area contributed by atoms with Crippen molar-refractivity contribution in [3.05, 3.63) is 77.6 Å². The molecule has 0 unspecified atom stereocenters. The Balaban J connectivity index is 1.74. The van der Waals surface area contributed by atoms with Crippen molar-refractivity contribution >= 4 is 34.6 Å². The van der Waals surface area contributed by atoms with Crippen LogP contribution in [-0.4, -0.2) is 16.8 Å². The lowest BCUT2D eigenvalue weighted by Gasteiger charge is -2.13. The summed E-state index contributed by atoms with van der Waals surface area (Å²) in [4.78, 5) is 28.1. The molecule has 0 spiro atoms. The molecule has 2 amide bonds. The summed E-state index contributed by atoms with van der Waals surface area (Å²) in [7, 11) is 0. The average molecular weight is 388 g/mol. The van der Waals surface area contributed by atoms with Gasteiger partial charge in [-0.05, 0) is 54.8 Å². The number of hydrogen-bond acceptors (Lipinski definition) is 4. The SMILES string of the molecule is CCc1cccc(C)c1NC(=O)c1cncc(Nc2ccc(NC(C)=O)cc2)c1. The van der Waals surface area contributed by atoms with Gasteiger partial charge in [-0.1, -0.05) is 25.1 Å². The topological polar surface area (TPSA) is 83.1 Å². The fourth-order valence-electron chi connectivity index (χ4n) is 3.03. The molecular weight excluding hydrogens is 364 g/mol. The molecular formula is C23H24N4O2. The third kappa shape index (κ3) is 5.19. The normalized spacial score (nSPS) is 10.3. The first kappa shape index (κ1) is 20.1. The van der Waals surface area contributed by atoms with E-state index in [1.807, 2.05) is 37.3 Å². The first-order chi connectivity index (χ1) is 14.0. The lowest BCUT2D eigenvalue weighted by molar-refractivity contribution is -0.114. The van der Waals surface area contributed by atoms with Crippen LogP contribution in [0.25, 0.3) is 0 Å². The summed E-state index contributed by atoms with van der Waals surface area (Å²) < 4.78 is 0. The summed E-state index contributed by atoms with van der Waals surface area (Å²) in [6, 6.07) is 15.0. The highest BCUT2D eigenvalue weighted by atomic mass is 16.2. The molecule has 0 saturated heterocycles. The molecule has 0 radical (unpaired) electrons. The van der Waals surface area contributed by atoms with Gasteiger partial charge in [-0.2, -0.15) is 0 Å². The van der Waals surface area contributed by atoms with Crippen LogP contribution in [-0.2, 0) is 11.2 Å². The van der Waals surface area contributed by atoms with E-state index in [9.17, 15) is 9.59 Å². The van der Waals surface area contributed by atoms with E-state index in [-0.39, 0.29) is 11.8 Å². The van der Waals surface area contributed by atoms with Crippen LogP contribution >= 0.6 is 0 Å². The van der Waals surface area contributed by atoms with Crippen molar-refractivity contribution in [3.8, 4) is 0 Å². The van der Waals surface area contributed by atoms with Crippen molar-refractivity contribution in [1.29, 1.82) is 0 Å². The standard InChI is InChI=1S/C23H24N4O2/c1-4-17-7-5-6-15(2)22(17)27-23(29)18-12-21(14-24-13-18)26-20-10-8-19(9-11-20)25-16(3)28/h5-14,26H,4H2,1-3H3,(H,25,28)(H,27,29). The number of benzene rings is 2. The quantitative estimate of drug-likeness (QED) is 0.560. The Morgan fingerprint density at radius 1 is 0.931 bits per heavy atom. The van der Waals surface area contributed by atoms with E-state index in [0.717, 1.165) is 34.6 Å². The van der Waals surface area contributed by atoms with Crippen LogP contribution in [0.2, 0.25) is 0 Å². The molecule has 3 rings (SSSR count). The second-order valence-corrected chi connectivity index (χ2v) is 6.76. The second kappa shape index (κ2) is 9.01. The monoisotopic (exact) mass is 388 g/mol. The van der Waals surface area contributed by atoms with Crippen molar-refractivity contribution < 1.29 is 9.59 Å². The van der Waals surface area contributed by atoms with Crippen LogP contribution in [0.5, 0.6) is 0 Å². The third-order valence-electron chi connectivity index (χ3n) is 4.47. The predicted octanol–water partition coefficient (Wildman–Crippen LogP) is 4.91. The lowest BCUT2D eigenvalue weighted by Crippen LogP contribution is -2.14. The van der Waals surface area contributed by atoms with Gasteiger partial charge in [0.1, 0.15) is 0 Å². The minimum Gasteiger partial charge on any atom is -0.354 e. The zero-order valence-corrected chi connectivity index (χ0v) is 16.7. The van der Waals surface area contributed by atoms with Gasteiger partial charge in [0.05, 0.1) is 17.4 Å². The van der Waals surface area contributed by atoms with Crippen LogP contribution in [0, 0.1) is 6.92 Å². The fraction of sp³-hybridized carbons (Fsp3) is 0.174. The molecule has 1 aromatic heterocycles. The zero-order chi connectivity index (χ0) is 20.8. The van der Waals surface area contributed by atoms with Gasteiger partial charge in [0.2, 0.25) is 5.91 Å². The van der Waals surface area contributed by atoms with Crippen LogP contribution in [0.15, 0.2) is 60.9 Å². The van der Waals surface area contributed by atoms with Crippen molar-refractivity contribution in [3.63, 3.8) is 0 Å². The average Bonchev–Trinajstić information content (AvgIpc) is 2.70. The first-order valence-electron chi connectivity index (χ1n) is 9.46. The van der Waals surface area contributed by atoms with Crippen LogP contribution in [0.3, 0.4) is 0 Å². The summed E-state index contributed by atoms with van der Waals surface area (Å²) >= 11 is 0. The van der Waals surface area contributed by atoms with Crippen LogP contribution < -0.4 is 16.0 Å². The van der Waals surface area contributed by atoms with Gasteiger partial charge in [0.15, 0.2) is 0 Å².